The molecule has 0 aliphatic heterocycles. The lowest BCUT2D eigenvalue weighted by Gasteiger charge is -2.09. The Morgan fingerprint density at radius 2 is 2.05 bits per heavy atom. The Balaban J connectivity index is 2.08. The van der Waals surface area contributed by atoms with Gasteiger partial charge in [0.25, 0.3) is 0 Å². The van der Waals surface area contributed by atoms with E-state index in [4.69, 9.17) is 10.5 Å². The predicted octanol–water partition coefficient (Wildman–Crippen LogP) is 3.64. The fraction of sp³-hybridized carbons (Fsp3) is 0.357. The maximum absolute atomic E-state index is 12.6. The van der Waals surface area contributed by atoms with E-state index in [0.29, 0.717) is 11.6 Å². The molecule has 1 aromatic heterocycles. The van der Waals surface area contributed by atoms with E-state index in [2.05, 4.69) is 4.98 Å². The average Bonchev–Trinajstić information content (AvgIpc) is 2.77. The predicted molar refractivity (Wildman–Crippen MR) is 72.8 cm³/mol. The van der Waals surface area contributed by atoms with Gasteiger partial charge in [0.05, 0.1) is 11.3 Å². The van der Waals surface area contributed by atoms with Crippen LogP contribution in [0.2, 0.25) is 0 Å². The van der Waals surface area contributed by atoms with Crippen LogP contribution in [0.4, 0.5) is 19.1 Å². The molecule has 0 atom stereocenters. The Labute approximate surface area is 120 Å². The van der Waals surface area contributed by atoms with Gasteiger partial charge in [-0.05, 0) is 32.0 Å². The Bertz CT molecular complexity index is 620. The summed E-state index contributed by atoms with van der Waals surface area (Å²) < 4.78 is 44.9. The van der Waals surface area contributed by atoms with Crippen LogP contribution in [-0.4, -0.2) is 9.55 Å². The zero-order valence-electron chi connectivity index (χ0n) is 11.7. The Kier molecular flexibility index (Phi) is 4.11. The van der Waals surface area contributed by atoms with Gasteiger partial charge in [0.1, 0.15) is 12.4 Å². The van der Waals surface area contributed by atoms with E-state index in [1.54, 1.807) is 10.8 Å². The number of hydrogen-bond acceptors (Lipinski definition) is 3. The summed E-state index contributed by atoms with van der Waals surface area (Å²) in [5.74, 6) is 0.495. The van der Waals surface area contributed by atoms with Crippen molar-refractivity contribution in [3.8, 4) is 5.75 Å². The molecule has 0 bridgehead atoms. The van der Waals surface area contributed by atoms with Crippen LogP contribution in [0.15, 0.2) is 30.5 Å². The van der Waals surface area contributed by atoms with Crippen LogP contribution >= 0.6 is 0 Å². The zero-order valence-corrected chi connectivity index (χ0v) is 11.7. The Hall–Kier alpha value is -2.18. The highest BCUT2D eigenvalue weighted by atomic mass is 19.4. The highest BCUT2D eigenvalue weighted by Gasteiger charge is 2.30. The van der Waals surface area contributed by atoms with Crippen molar-refractivity contribution in [2.75, 3.05) is 5.73 Å². The topological polar surface area (TPSA) is 53.1 Å². The van der Waals surface area contributed by atoms with Crippen LogP contribution in [0.25, 0.3) is 0 Å². The second-order valence-corrected chi connectivity index (χ2v) is 4.91. The number of alkyl halides is 3. The molecule has 0 spiro atoms. The van der Waals surface area contributed by atoms with Crippen molar-refractivity contribution < 1.29 is 17.9 Å². The molecule has 2 aromatic rings. The molecule has 4 nitrogen and oxygen atoms in total. The first-order chi connectivity index (χ1) is 9.77. The second-order valence-electron chi connectivity index (χ2n) is 4.91. The molecule has 1 aromatic carbocycles. The van der Waals surface area contributed by atoms with Crippen molar-refractivity contribution in [2.45, 2.75) is 32.7 Å². The van der Waals surface area contributed by atoms with Gasteiger partial charge in [-0.15, -0.1) is 0 Å². The lowest BCUT2D eigenvalue weighted by Crippen LogP contribution is -2.05. The van der Waals surface area contributed by atoms with Gasteiger partial charge < -0.3 is 15.0 Å². The number of rotatable bonds is 4. The molecule has 114 valence electrons. The summed E-state index contributed by atoms with van der Waals surface area (Å²) in [7, 11) is 0. The molecule has 2 N–H and O–H groups in total. The summed E-state index contributed by atoms with van der Waals surface area (Å²) in [5, 5.41) is 0. The number of benzene rings is 1. The van der Waals surface area contributed by atoms with Crippen molar-refractivity contribution in [2.24, 2.45) is 0 Å². The number of aromatic nitrogens is 2. The molecule has 1 heterocycles. The van der Waals surface area contributed by atoms with E-state index >= 15 is 0 Å². The zero-order chi connectivity index (χ0) is 15.6. The number of nitrogen functional groups attached to an aromatic ring is 1. The van der Waals surface area contributed by atoms with Gasteiger partial charge in [-0.2, -0.15) is 13.2 Å². The molecule has 0 amide bonds. The lowest BCUT2D eigenvalue weighted by atomic mass is 10.2. The van der Waals surface area contributed by atoms with Crippen LogP contribution < -0.4 is 10.5 Å². The van der Waals surface area contributed by atoms with E-state index < -0.39 is 11.7 Å². The van der Waals surface area contributed by atoms with Gasteiger partial charge in [-0.1, -0.05) is 6.07 Å². The molecule has 2 rings (SSSR count). The lowest BCUT2D eigenvalue weighted by molar-refractivity contribution is -0.137. The third-order valence-electron chi connectivity index (χ3n) is 2.92. The van der Waals surface area contributed by atoms with Gasteiger partial charge in [0, 0.05) is 12.2 Å². The van der Waals surface area contributed by atoms with Crippen molar-refractivity contribution in [3.05, 3.63) is 41.7 Å². The van der Waals surface area contributed by atoms with E-state index in [1.807, 2.05) is 13.8 Å². The van der Waals surface area contributed by atoms with Gasteiger partial charge in [-0.25, -0.2) is 4.98 Å². The number of nitrogens with two attached hydrogens (primary N) is 1. The number of hydrogen-bond donors (Lipinski definition) is 1. The molecule has 0 aliphatic carbocycles. The van der Waals surface area contributed by atoms with Gasteiger partial charge in [0.15, 0.2) is 0 Å². The number of imidazole rings is 1. The fourth-order valence-electron chi connectivity index (χ4n) is 1.86. The number of nitrogens with zero attached hydrogens (tertiary/aromatic N) is 2. The minimum Gasteiger partial charge on any atom is -0.487 e. The van der Waals surface area contributed by atoms with Crippen LogP contribution in [0, 0.1) is 0 Å². The SMILES string of the molecule is CC(C)n1cc(COc2cccc(C(F)(F)F)c2)nc1N. The van der Waals surface area contributed by atoms with E-state index in [-0.39, 0.29) is 18.4 Å². The molecule has 21 heavy (non-hydrogen) atoms. The largest absolute Gasteiger partial charge is 0.487 e. The van der Waals surface area contributed by atoms with Crippen molar-refractivity contribution in [3.63, 3.8) is 0 Å². The van der Waals surface area contributed by atoms with E-state index in [9.17, 15) is 13.2 Å². The van der Waals surface area contributed by atoms with Gasteiger partial charge in [-0.3, -0.25) is 0 Å². The summed E-state index contributed by atoms with van der Waals surface area (Å²) in [4.78, 5) is 4.11. The smallest absolute Gasteiger partial charge is 0.416 e. The molecule has 7 heteroatoms. The molecule has 0 saturated carbocycles. The number of ether oxygens (including phenoxy) is 1. The van der Waals surface area contributed by atoms with Gasteiger partial charge >= 0.3 is 6.18 Å². The number of anilines is 1. The first-order valence-electron chi connectivity index (χ1n) is 6.40. The van der Waals surface area contributed by atoms with E-state index in [0.717, 1.165) is 12.1 Å². The summed E-state index contributed by atoms with van der Waals surface area (Å²) >= 11 is 0. The fourth-order valence-corrected chi connectivity index (χ4v) is 1.86. The summed E-state index contributed by atoms with van der Waals surface area (Å²) in [6.45, 7) is 3.97. The standard InChI is InChI=1S/C14H16F3N3O/c1-9(2)20-7-11(19-13(20)18)8-21-12-5-3-4-10(6-12)14(15,16)17/h3-7,9H,8H2,1-2H3,(H2,18,19). The highest BCUT2D eigenvalue weighted by Crippen LogP contribution is 2.31. The summed E-state index contributed by atoms with van der Waals surface area (Å²) in [5.41, 5.74) is 5.56. The van der Waals surface area contributed by atoms with Crippen LogP contribution in [0.3, 0.4) is 0 Å². The van der Waals surface area contributed by atoms with Crippen molar-refractivity contribution in [1.29, 1.82) is 0 Å². The first kappa shape index (κ1) is 15.2. The monoisotopic (exact) mass is 299 g/mol. The minimum atomic E-state index is -4.39. The van der Waals surface area contributed by atoms with Crippen molar-refractivity contribution in [1.82, 2.24) is 9.55 Å². The van der Waals surface area contributed by atoms with E-state index in [1.165, 1.54) is 12.1 Å². The molecule has 0 unspecified atom stereocenters. The molecular weight excluding hydrogens is 283 g/mol. The normalized spacial score (nSPS) is 11.9. The highest BCUT2D eigenvalue weighted by molar-refractivity contribution is 5.30. The molecular formula is C14H16F3N3O. The Morgan fingerprint density at radius 3 is 2.62 bits per heavy atom. The quantitative estimate of drug-likeness (QED) is 0.937. The summed E-state index contributed by atoms with van der Waals surface area (Å²) in [6.07, 6.45) is -2.66. The third kappa shape index (κ3) is 3.68. The molecule has 0 fully saturated rings. The van der Waals surface area contributed by atoms with Crippen LogP contribution in [0.1, 0.15) is 31.1 Å². The molecule has 0 aliphatic rings. The third-order valence-corrected chi connectivity index (χ3v) is 2.92. The second kappa shape index (κ2) is 5.67. The average molecular weight is 299 g/mol. The maximum atomic E-state index is 12.6. The Morgan fingerprint density at radius 1 is 1.33 bits per heavy atom. The van der Waals surface area contributed by atoms with Crippen LogP contribution in [0.5, 0.6) is 5.75 Å². The minimum absolute atomic E-state index is 0.0607. The summed E-state index contributed by atoms with van der Waals surface area (Å²) in [6, 6.07) is 4.89. The van der Waals surface area contributed by atoms with Gasteiger partial charge in [0.2, 0.25) is 5.95 Å². The van der Waals surface area contributed by atoms with Crippen LogP contribution in [-0.2, 0) is 12.8 Å². The first-order valence-corrected chi connectivity index (χ1v) is 6.40. The molecule has 0 saturated heterocycles. The molecule has 0 radical (unpaired) electrons. The maximum Gasteiger partial charge on any atom is 0.416 e. The number of halogens is 3. The van der Waals surface area contributed by atoms with Crippen molar-refractivity contribution >= 4 is 5.95 Å².